The first-order valence-corrected chi connectivity index (χ1v) is 8.54. The Balaban J connectivity index is 1.90. The summed E-state index contributed by atoms with van der Waals surface area (Å²) in [5.41, 5.74) is 1.93. The van der Waals surface area contributed by atoms with Gasteiger partial charge in [0.25, 0.3) is 0 Å². The highest BCUT2D eigenvalue weighted by molar-refractivity contribution is 7.17. The highest BCUT2D eigenvalue weighted by Gasteiger charge is 2.18. The summed E-state index contributed by atoms with van der Waals surface area (Å²) in [4.78, 5) is 0. The summed E-state index contributed by atoms with van der Waals surface area (Å²) >= 11 is 1.87. The summed E-state index contributed by atoms with van der Waals surface area (Å²) in [6, 6.07) is 9.35. The molecule has 0 fully saturated rings. The molecule has 1 N–H and O–H groups in total. The third-order valence-electron chi connectivity index (χ3n) is 3.99. The first-order chi connectivity index (χ1) is 9.48. The van der Waals surface area contributed by atoms with Gasteiger partial charge < -0.3 is 5.32 Å². The molecule has 20 heavy (non-hydrogen) atoms. The van der Waals surface area contributed by atoms with Gasteiger partial charge in [-0.1, -0.05) is 45.9 Å². The zero-order valence-corrected chi connectivity index (χ0v) is 14.0. The predicted octanol–water partition coefficient (Wildman–Crippen LogP) is 5.25. The van der Waals surface area contributed by atoms with Crippen molar-refractivity contribution in [3.63, 3.8) is 0 Å². The average Bonchev–Trinajstić information content (AvgIpc) is 2.79. The van der Waals surface area contributed by atoms with Gasteiger partial charge in [0.05, 0.1) is 0 Å². The van der Waals surface area contributed by atoms with E-state index in [-0.39, 0.29) is 0 Å². The Morgan fingerprint density at radius 3 is 2.65 bits per heavy atom. The van der Waals surface area contributed by atoms with Crippen molar-refractivity contribution in [1.29, 1.82) is 0 Å². The molecule has 110 valence electrons. The Morgan fingerprint density at radius 2 is 1.90 bits per heavy atom. The van der Waals surface area contributed by atoms with Crippen LogP contribution in [0, 0.1) is 5.41 Å². The van der Waals surface area contributed by atoms with E-state index in [1.807, 2.05) is 11.3 Å². The van der Waals surface area contributed by atoms with E-state index in [0.717, 1.165) is 6.54 Å². The van der Waals surface area contributed by atoms with Crippen molar-refractivity contribution in [2.75, 3.05) is 6.54 Å². The van der Waals surface area contributed by atoms with Gasteiger partial charge in [-0.3, -0.25) is 0 Å². The number of fused-ring (bicyclic) bond motifs is 1. The highest BCUT2D eigenvalue weighted by Crippen LogP contribution is 2.31. The van der Waals surface area contributed by atoms with Crippen LogP contribution in [0.4, 0.5) is 0 Å². The van der Waals surface area contributed by atoms with Crippen LogP contribution in [0.15, 0.2) is 29.6 Å². The van der Waals surface area contributed by atoms with Gasteiger partial charge in [0.15, 0.2) is 0 Å². The molecule has 0 saturated carbocycles. The van der Waals surface area contributed by atoms with Gasteiger partial charge in [-0.05, 0) is 53.6 Å². The third-order valence-corrected chi connectivity index (χ3v) is 5.00. The summed E-state index contributed by atoms with van der Waals surface area (Å²) in [5, 5.41) is 7.32. The quantitative estimate of drug-likeness (QED) is 0.734. The van der Waals surface area contributed by atoms with Gasteiger partial charge in [-0.2, -0.15) is 0 Å². The Kier molecular flexibility index (Phi) is 5.22. The zero-order valence-electron chi connectivity index (χ0n) is 13.2. The van der Waals surface area contributed by atoms with E-state index >= 15 is 0 Å². The fourth-order valence-corrected chi connectivity index (χ4v) is 3.52. The lowest BCUT2D eigenvalue weighted by atomic mass is 9.83. The van der Waals surface area contributed by atoms with Crippen molar-refractivity contribution in [1.82, 2.24) is 5.32 Å². The molecule has 1 aromatic carbocycles. The van der Waals surface area contributed by atoms with Gasteiger partial charge in [0.2, 0.25) is 0 Å². The van der Waals surface area contributed by atoms with Crippen molar-refractivity contribution in [2.45, 2.75) is 53.0 Å². The Morgan fingerprint density at radius 1 is 1.15 bits per heavy atom. The number of nitrogens with one attached hydrogen (secondary N) is 1. The smallest absolute Gasteiger partial charge is 0.0345 e. The fraction of sp³-hybridized carbons (Fsp3) is 0.556. The van der Waals surface area contributed by atoms with Crippen LogP contribution in [0.3, 0.4) is 0 Å². The maximum absolute atomic E-state index is 3.53. The van der Waals surface area contributed by atoms with Crippen molar-refractivity contribution in [2.24, 2.45) is 5.41 Å². The van der Waals surface area contributed by atoms with Crippen LogP contribution in [0.25, 0.3) is 10.1 Å². The maximum Gasteiger partial charge on any atom is 0.0345 e. The molecule has 1 heterocycles. The van der Waals surface area contributed by atoms with Gasteiger partial charge in [0, 0.05) is 10.7 Å². The minimum absolute atomic E-state index is 0.408. The molecule has 0 bridgehead atoms. The average molecular weight is 289 g/mol. The molecule has 2 heteroatoms. The van der Waals surface area contributed by atoms with E-state index in [1.54, 1.807) is 0 Å². The number of thiophene rings is 1. The first-order valence-electron chi connectivity index (χ1n) is 7.66. The van der Waals surface area contributed by atoms with Crippen LogP contribution in [-0.4, -0.2) is 12.6 Å². The molecule has 0 spiro atoms. The molecule has 0 saturated heterocycles. The van der Waals surface area contributed by atoms with Crippen LogP contribution in [0.2, 0.25) is 0 Å². The van der Waals surface area contributed by atoms with Crippen LogP contribution < -0.4 is 5.32 Å². The monoisotopic (exact) mass is 289 g/mol. The van der Waals surface area contributed by atoms with Crippen LogP contribution in [0.5, 0.6) is 0 Å². The minimum Gasteiger partial charge on any atom is -0.315 e. The van der Waals surface area contributed by atoms with Gasteiger partial charge in [0.1, 0.15) is 0 Å². The predicted molar refractivity (Wildman–Crippen MR) is 91.7 cm³/mol. The van der Waals surface area contributed by atoms with Crippen molar-refractivity contribution < 1.29 is 0 Å². The molecule has 1 aromatic heterocycles. The first kappa shape index (κ1) is 15.5. The lowest BCUT2D eigenvalue weighted by molar-refractivity contribution is 0.299. The van der Waals surface area contributed by atoms with Crippen molar-refractivity contribution in [3.8, 4) is 0 Å². The Hall–Kier alpha value is -0.860. The molecule has 0 aliphatic rings. The van der Waals surface area contributed by atoms with E-state index in [9.17, 15) is 0 Å². The van der Waals surface area contributed by atoms with E-state index in [1.165, 1.54) is 34.9 Å². The minimum atomic E-state index is 0.408. The molecule has 2 rings (SSSR count). The summed E-state index contributed by atoms with van der Waals surface area (Å²) in [5.74, 6) is 0. The number of aryl methyl sites for hydroxylation is 1. The molecule has 0 aliphatic carbocycles. The zero-order chi connectivity index (χ0) is 14.6. The number of benzene rings is 1. The van der Waals surface area contributed by atoms with Crippen molar-refractivity contribution in [3.05, 3.63) is 35.2 Å². The number of rotatable bonds is 7. The second-order valence-electron chi connectivity index (χ2n) is 6.78. The highest BCUT2D eigenvalue weighted by atomic mass is 32.1. The van der Waals surface area contributed by atoms with Gasteiger partial charge in [-0.25, -0.2) is 0 Å². The Bertz CT molecular complexity index is 539. The molecular formula is C18H27NS. The van der Waals surface area contributed by atoms with Crippen LogP contribution in [0.1, 0.15) is 46.1 Å². The molecule has 0 atom stereocenters. The normalized spacial score (nSPS) is 12.4. The largest absolute Gasteiger partial charge is 0.315 e. The molecule has 2 aromatic rings. The summed E-state index contributed by atoms with van der Waals surface area (Å²) in [6.07, 6.45) is 3.69. The Labute approximate surface area is 127 Å². The van der Waals surface area contributed by atoms with E-state index in [2.05, 4.69) is 62.7 Å². The molecule has 0 radical (unpaired) electrons. The van der Waals surface area contributed by atoms with Crippen molar-refractivity contribution >= 4 is 21.4 Å². The molecule has 0 amide bonds. The second kappa shape index (κ2) is 6.73. The van der Waals surface area contributed by atoms with E-state index in [0.29, 0.717) is 11.5 Å². The van der Waals surface area contributed by atoms with Gasteiger partial charge >= 0.3 is 0 Å². The molecular weight excluding hydrogens is 262 g/mol. The summed E-state index contributed by atoms with van der Waals surface area (Å²) in [7, 11) is 0. The van der Waals surface area contributed by atoms with Crippen LogP contribution >= 0.6 is 11.3 Å². The molecule has 0 aliphatic heterocycles. The third kappa shape index (κ3) is 4.32. The fourth-order valence-electron chi connectivity index (χ4n) is 2.52. The lowest BCUT2D eigenvalue weighted by Gasteiger charge is -2.25. The standard InChI is InChI=1S/C18H27NS/c1-14(2)19-12-11-18(3,4)10-9-15-13-20-17-8-6-5-7-16(15)17/h5-8,13-14,19H,9-12H2,1-4H3. The van der Waals surface area contributed by atoms with Gasteiger partial charge in [-0.15, -0.1) is 11.3 Å². The SMILES string of the molecule is CC(C)NCCC(C)(C)CCc1csc2ccccc12. The second-order valence-corrected chi connectivity index (χ2v) is 7.69. The number of hydrogen-bond donors (Lipinski definition) is 1. The van der Waals surface area contributed by atoms with Crippen LogP contribution in [-0.2, 0) is 6.42 Å². The summed E-state index contributed by atoms with van der Waals surface area (Å²) < 4.78 is 1.42. The van der Waals surface area contributed by atoms with E-state index in [4.69, 9.17) is 0 Å². The topological polar surface area (TPSA) is 12.0 Å². The van der Waals surface area contributed by atoms with E-state index < -0.39 is 0 Å². The number of hydrogen-bond acceptors (Lipinski definition) is 2. The maximum atomic E-state index is 3.53. The molecule has 0 unspecified atom stereocenters. The molecule has 1 nitrogen and oxygen atoms in total. The summed E-state index contributed by atoms with van der Waals surface area (Å²) in [6.45, 7) is 10.3. The lowest BCUT2D eigenvalue weighted by Crippen LogP contribution is -2.28.